The van der Waals surface area contributed by atoms with Crippen LogP contribution in [0.4, 0.5) is 8.78 Å². The highest BCUT2D eigenvalue weighted by Crippen LogP contribution is 2.28. The van der Waals surface area contributed by atoms with E-state index in [1.54, 1.807) is 21.6 Å². The number of imidazole rings is 1. The maximum atomic E-state index is 13.9. The molecule has 3 aromatic rings. The molecular weight excluding hydrogens is 474 g/mol. The Balaban J connectivity index is 1.54. The van der Waals surface area contributed by atoms with Crippen molar-refractivity contribution < 1.29 is 22.0 Å². The van der Waals surface area contributed by atoms with Gasteiger partial charge in [-0.05, 0) is 24.1 Å². The summed E-state index contributed by atoms with van der Waals surface area (Å²) in [6, 6.07) is 7.40. The smallest absolute Gasteiger partial charge is 0.246 e. The number of aromatic nitrogens is 2. The van der Waals surface area contributed by atoms with Crippen LogP contribution in [-0.4, -0.2) is 59.3 Å². The van der Waals surface area contributed by atoms with Gasteiger partial charge in [0.25, 0.3) is 0 Å². The van der Waals surface area contributed by atoms with Crippen molar-refractivity contribution >= 4 is 38.6 Å². The lowest BCUT2D eigenvalue weighted by molar-refractivity contribution is -0.137. The molecule has 0 aliphatic carbocycles. The van der Waals surface area contributed by atoms with Crippen molar-refractivity contribution in [1.82, 2.24) is 18.8 Å². The number of rotatable bonds is 5. The van der Waals surface area contributed by atoms with E-state index in [2.05, 4.69) is 4.98 Å². The predicted octanol–water partition coefficient (Wildman–Crippen LogP) is 3.70. The van der Waals surface area contributed by atoms with Gasteiger partial charge in [-0.3, -0.25) is 4.79 Å². The number of sulfonamides is 1. The largest absolute Gasteiger partial charge is 0.338 e. The molecule has 1 saturated heterocycles. The summed E-state index contributed by atoms with van der Waals surface area (Å²) >= 11 is 5.94. The zero-order valence-electron chi connectivity index (χ0n) is 18.1. The predicted molar refractivity (Wildman–Crippen MR) is 120 cm³/mol. The van der Waals surface area contributed by atoms with Crippen LogP contribution >= 0.6 is 11.6 Å². The van der Waals surface area contributed by atoms with E-state index in [0.29, 0.717) is 10.5 Å². The lowest BCUT2D eigenvalue weighted by Crippen LogP contribution is -2.52. The maximum absolute atomic E-state index is 13.9. The number of benzene rings is 2. The molecule has 33 heavy (non-hydrogen) atoms. The highest BCUT2D eigenvalue weighted by Gasteiger charge is 2.35. The van der Waals surface area contributed by atoms with E-state index in [1.807, 2.05) is 13.8 Å². The van der Waals surface area contributed by atoms with Crippen LogP contribution in [0.2, 0.25) is 5.02 Å². The summed E-state index contributed by atoms with van der Waals surface area (Å²) in [5.41, 5.74) is 0.577. The average Bonchev–Trinajstić information content (AvgIpc) is 3.16. The van der Waals surface area contributed by atoms with E-state index in [9.17, 15) is 22.0 Å². The van der Waals surface area contributed by atoms with Crippen molar-refractivity contribution in [3.05, 3.63) is 59.4 Å². The van der Waals surface area contributed by atoms with Gasteiger partial charge in [-0.15, -0.1) is 0 Å². The summed E-state index contributed by atoms with van der Waals surface area (Å²) in [6.45, 7) is 4.39. The first-order chi connectivity index (χ1) is 15.6. The molecule has 11 heteroatoms. The number of hydrogen-bond donors (Lipinski definition) is 0. The Bertz CT molecular complexity index is 1300. The van der Waals surface area contributed by atoms with Gasteiger partial charge in [0.05, 0.1) is 22.3 Å². The molecule has 0 bridgehead atoms. The van der Waals surface area contributed by atoms with Gasteiger partial charge >= 0.3 is 0 Å². The number of hydrogen-bond acceptors (Lipinski definition) is 4. The molecule has 1 aliphatic rings. The number of halogens is 3. The Morgan fingerprint density at radius 3 is 2.36 bits per heavy atom. The Hall–Kier alpha value is -2.56. The van der Waals surface area contributed by atoms with E-state index in [-0.39, 0.29) is 48.4 Å². The molecule has 7 nitrogen and oxygen atoms in total. The zero-order valence-corrected chi connectivity index (χ0v) is 19.7. The SMILES string of the molecule is CC(C)C(C(=O)N1CCN(S(=O)(=O)c2cccc(Cl)c2)CC1)n1cnc2cc(F)c(F)cc21. The van der Waals surface area contributed by atoms with Gasteiger partial charge in [-0.2, -0.15) is 4.31 Å². The van der Waals surface area contributed by atoms with E-state index >= 15 is 0 Å². The highest BCUT2D eigenvalue weighted by atomic mass is 35.5. The van der Waals surface area contributed by atoms with Gasteiger partial charge in [0, 0.05) is 43.3 Å². The Kier molecular flexibility index (Phi) is 6.43. The third-order valence-electron chi connectivity index (χ3n) is 5.79. The molecular formula is C22H23ClF2N4O3S. The van der Waals surface area contributed by atoms with Crippen LogP contribution in [0.5, 0.6) is 0 Å². The molecule has 2 heterocycles. The van der Waals surface area contributed by atoms with Gasteiger partial charge in [-0.25, -0.2) is 22.2 Å². The summed E-state index contributed by atoms with van der Waals surface area (Å²) in [7, 11) is -3.73. The fraction of sp³-hybridized carbons (Fsp3) is 0.364. The van der Waals surface area contributed by atoms with Crippen molar-refractivity contribution in [2.75, 3.05) is 26.2 Å². The summed E-state index contributed by atoms with van der Waals surface area (Å²) in [5, 5.41) is 0.327. The first-order valence-corrected chi connectivity index (χ1v) is 12.3. The Labute approximate surface area is 195 Å². The van der Waals surface area contributed by atoms with Crippen LogP contribution in [-0.2, 0) is 14.8 Å². The van der Waals surface area contributed by atoms with Crippen LogP contribution < -0.4 is 0 Å². The molecule has 0 saturated carbocycles. The van der Waals surface area contributed by atoms with E-state index in [1.165, 1.54) is 22.8 Å². The molecule has 1 aromatic heterocycles. The van der Waals surface area contributed by atoms with Gasteiger partial charge < -0.3 is 9.47 Å². The number of amides is 1. The van der Waals surface area contributed by atoms with Gasteiger partial charge in [-0.1, -0.05) is 31.5 Å². The lowest BCUT2D eigenvalue weighted by Gasteiger charge is -2.37. The molecule has 4 rings (SSSR count). The summed E-state index contributed by atoms with van der Waals surface area (Å²) in [4.78, 5) is 19.3. The molecule has 1 aliphatic heterocycles. The van der Waals surface area contributed by atoms with Gasteiger partial charge in [0.15, 0.2) is 11.6 Å². The first-order valence-electron chi connectivity index (χ1n) is 10.5. The van der Waals surface area contributed by atoms with Crippen molar-refractivity contribution in [3.8, 4) is 0 Å². The number of nitrogens with zero attached hydrogens (tertiary/aromatic N) is 4. The molecule has 2 aromatic carbocycles. The van der Waals surface area contributed by atoms with Crippen molar-refractivity contribution in [3.63, 3.8) is 0 Å². The highest BCUT2D eigenvalue weighted by molar-refractivity contribution is 7.89. The molecule has 0 N–H and O–H groups in total. The second kappa shape index (κ2) is 9.00. The van der Waals surface area contributed by atoms with Crippen LogP contribution in [0.1, 0.15) is 19.9 Å². The maximum Gasteiger partial charge on any atom is 0.246 e. The summed E-state index contributed by atoms with van der Waals surface area (Å²) in [5.74, 6) is -2.42. The molecule has 1 unspecified atom stereocenters. The number of piperazine rings is 1. The minimum atomic E-state index is -3.73. The standard InChI is InChI=1S/C22H23ClF2N4O3S/c1-14(2)21(29-13-26-19-11-17(24)18(25)12-20(19)29)22(30)27-6-8-28(9-7-27)33(31,32)16-5-3-4-15(23)10-16/h3-5,10-14,21H,6-9H2,1-2H3. The monoisotopic (exact) mass is 496 g/mol. The molecule has 1 atom stereocenters. The van der Waals surface area contributed by atoms with Crippen molar-refractivity contribution in [2.45, 2.75) is 24.8 Å². The summed E-state index contributed by atoms with van der Waals surface area (Å²) in [6.07, 6.45) is 1.41. The molecule has 176 valence electrons. The Morgan fingerprint density at radius 1 is 1.06 bits per heavy atom. The second-order valence-electron chi connectivity index (χ2n) is 8.28. The molecule has 0 spiro atoms. The first kappa shape index (κ1) is 23.6. The summed E-state index contributed by atoms with van der Waals surface area (Å²) < 4.78 is 56.2. The normalized spacial score (nSPS) is 16.5. The minimum Gasteiger partial charge on any atom is -0.338 e. The molecule has 1 amide bonds. The zero-order chi connectivity index (χ0) is 23.9. The van der Waals surface area contributed by atoms with Gasteiger partial charge in [0.1, 0.15) is 6.04 Å². The lowest BCUT2D eigenvalue weighted by atomic mass is 10.0. The van der Waals surface area contributed by atoms with Crippen LogP contribution in [0.25, 0.3) is 11.0 Å². The topological polar surface area (TPSA) is 75.5 Å². The van der Waals surface area contributed by atoms with E-state index in [0.717, 1.165) is 12.1 Å². The molecule has 0 radical (unpaired) electrons. The second-order valence-corrected chi connectivity index (χ2v) is 10.7. The quantitative estimate of drug-likeness (QED) is 0.540. The third kappa shape index (κ3) is 4.47. The fourth-order valence-electron chi connectivity index (χ4n) is 4.08. The van der Waals surface area contributed by atoms with E-state index < -0.39 is 27.7 Å². The van der Waals surface area contributed by atoms with Crippen LogP contribution in [0.15, 0.2) is 47.6 Å². The third-order valence-corrected chi connectivity index (χ3v) is 7.91. The van der Waals surface area contributed by atoms with Crippen molar-refractivity contribution in [2.24, 2.45) is 5.92 Å². The van der Waals surface area contributed by atoms with E-state index in [4.69, 9.17) is 11.6 Å². The van der Waals surface area contributed by atoms with Crippen molar-refractivity contribution in [1.29, 1.82) is 0 Å². The van der Waals surface area contributed by atoms with Gasteiger partial charge in [0.2, 0.25) is 15.9 Å². The Morgan fingerprint density at radius 2 is 1.73 bits per heavy atom. The molecule has 1 fully saturated rings. The fourth-order valence-corrected chi connectivity index (χ4v) is 5.81. The van der Waals surface area contributed by atoms with Crippen LogP contribution in [0, 0.1) is 17.6 Å². The van der Waals surface area contributed by atoms with Crippen LogP contribution in [0.3, 0.4) is 0 Å². The number of fused-ring (bicyclic) bond motifs is 1. The average molecular weight is 497 g/mol. The minimum absolute atomic E-state index is 0.106. The number of carbonyl (C=O) groups excluding carboxylic acids is 1. The number of carbonyl (C=O) groups is 1.